The maximum atomic E-state index is 13.5. The molecule has 8 N–H and O–H groups in total. The summed E-state index contributed by atoms with van der Waals surface area (Å²) in [5.74, 6) is 0.766. The van der Waals surface area contributed by atoms with Crippen molar-refractivity contribution in [3.8, 4) is 23.0 Å². The number of benzene rings is 5. The molecule has 4 aliphatic heterocycles. The van der Waals surface area contributed by atoms with Crippen LogP contribution < -0.4 is 14.2 Å². The molecule has 55 heavy (non-hydrogen) atoms. The van der Waals surface area contributed by atoms with Crippen molar-refractivity contribution < 1.29 is 74.1 Å². The van der Waals surface area contributed by atoms with Gasteiger partial charge in [0.2, 0.25) is 12.6 Å². The van der Waals surface area contributed by atoms with Crippen LogP contribution in [0.1, 0.15) is 27.0 Å². The van der Waals surface area contributed by atoms with Gasteiger partial charge >= 0.3 is 5.97 Å². The molecule has 286 valence electrons. The van der Waals surface area contributed by atoms with Gasteiger partial charge in [0.25, 0.3) is 0 Å². The van der Waals surface area contributed by atoms with Gasteiger partial charge in [-0.25, -0.2) is 4.79 Å². The molecule has 9 rings (SSSR count). The first-order valence-corrected chi connectivity index (χ1v) is 17.6. The van der Waals surface area contributed by atoms with Gasteiger partial charge in [0.15, 0.2) is 5.60 Å². The lowest BCUT2D eigenvalue weighted by molar-refractivity contribution is -0.277. The van der Waals surface area contributed by atoms with E-state index in [9.17, 15) is 45.6 Å². The Morgan fingerprint density at radius 3 is 1.55 bits per heavy atom. The molecular formula is C40H36O15. The highest BCUT2D eigenvalue weighted by atomic mass is 16.7. The van der Waals surface area contributed by atoms with Crippen LogP contribution in [0, 0.1) is 0 Å². The highest BCUT2D eigenvalue weighted by molar-refractivity contribution is 6.01. The third kappa shape index (κ3) is 5.47. The van der Waals surface area contributed by atoms with Gasteiger partial charge < -0.3 is 69.3 Å². The van der Waals surface area contributed by atoms with Crippen molar-refractivity contribution in [2.24, 2.45) is 0 Å². The second-order valence-electron chi connectivity index (χ2n) is 14.0. The van der Waals surface area contributed by atoms with Crippen molar-refractivity contribution in [3.63, 3.8) is 0 Å². The van der Waals surface area contributed by atoms with Crippen LogP contribution in [0.25, 0.3) is 21.5 Å². The largest absolute Gasteiger partial charge is 0.462 e. The summed E-state index contributed by atoms with van der Waals surface area (Å²) in [6.45, 7) is -1.21. The highest BCUT2D eigenvalue weighted by Gasteiger charge is 2.54. The summed E-state index contributed by atoms with van der Waals surface area (Å²) < 4.78 is 36.0. The van der Waals surface area contributed by atoms with Crippen LogP contribution >= 0.6 is 0 Å². The molecule has 2 saturated heterocycles. The topological polar surface area (TPSA) is 234 Å². The molecule has 0 aromatic heterocycles. The lowest BCUT2D eigenvalue weighted by atomic mass is 9.76. The van der Waals surface area contributed by atoms with Gasteiger partial charge in [-0.3, -0.25) is 0 Å². The Labute approximate surface area is 311 Å². The summed E-state index contributed by atoms with van der Waals surface area (Å²) in [7, 11) is 0. The van der Waals surface area contributed by atoms with Crippen LogP contribution in [0.15, 0.2) is 84.9 Å². The molecule has 0 amide bonds. The van der Waals surface area contributed by atoms with E-state index in [1.54, 1.807) is 60.7 Å². The summed E-state index contributed by atoms with van der Waals surface area (Å²) in [5.41, 5.74) is 0.740. The van der Waals surface area contributed by atoms with E-state index in [4.69, 9.17) is 28.4 Å². The Balaban J connectivity index is 1.13. The molecule has 0 bridgehead atoms. The van der Waals surface area contributed by atoms with Crippen LogP contribution in [-0.4, -0.2) is 121 Å². The smallest absolute Gasteiger partial charge is 0.340 e. The summed E-state index contributed by atoms with van der Waals surface area (Å²) in [6, 6.07) is 24.4. The fourth-order valence-electron chi connectivity index (χ4n) is 7.94. The molecule has 0 saturated carbocycles. The summed E-state index contributed by atoms with van der Waals surface area (Å²) in [6.07, 6.45) is -14.6. The van der Waals surface area contributed by atoms with Gasteiger partial charge in [-0.2, -0.15) is 0 Å². The summed E-state index contributed by atoms with van der Waals surface area (Å²) >= 11 is 0. The average molecular weight is 757 g/mol. The van der Waals surface area contributed by atoms with Crippen LogP contribution in [0.5, 0.6) is 23.0 Å². The van der Waals surface area contributed by atoms with Crippen LogP contribution in [0.2, 0.25) is 0 Å². The predicted octanol–water partition coefficient (Wildman–Crippen LogP) is 0.918. The minimum absolute atomic E-state index is 0.248. The van der Waals surface area contributed by atoms with Gasteiger partial charge in [-0.15, -0.1) is 0 Å². The molecular weight excluding hydrogens is 720 g/mol. The first-order valence-electron chi connectivity index (χ1n) is 17.6. The zero-order chi connectivity index (χ0) is 38.3. The van der Waals surface area contributed by atoms with Gasteiger partial charge in [0.1, 0.15) is 71.8 Å². The summed E-state index contributed by atoms with van der Waals surface area (Å²) in [5, 5.41) is 83.7. The Bertz CT molecular complexity index is 2180. The molecule has 0 aliphatic carbocycles. The number of hydrogen-bond donors (Lipinski definition) is 8. The molecule has 5 aromatic carbocycles. The number of rotatable bonds is 6. The Morgan fingerprint density at radius 1 is 0.564 bits per heavy atom. The Morgan fingerprint density at radius 2 is 1.05 bits per heavy atom. The molecule has 2 fully saturated rings. The van der Waals surface area contributed by atoms with Crippen molar-refractivity contribution in [3.05, 3.63) is 107 Å². The lowest BCUT2D eigenvalue weighted by Gasteiger charge is -2.39. The van der Waals surface area contributed by atoms with E-state index in [1.807, 2.05) is 24.3 Å². The predicted molar refractivity (Wildman–Crippen MR) is 188 cm³/mol. The third-order valence-electron chi connectivity index (χ3n) is 10.8. The Kier molecular flexibility index (Phi) is 8.71. The molecule has 0 radical (unpaired) electrons. The second-order valence-corrected chi connectivity index (χ2v) is 14.0. The molecule has 4 aliphatic rings. The van der Waals surface area contributed by atoms with Crippen LogP contribution in [0.4, 0.5) is 0 Å². The highest BCUT2D eigenvalue weighted by Crippen LogP contribution is 2.59. The van der Waals surface area contributed by atoms with Gasteiger partial charge in [0, 0.05) is 27.5 Å². The van der Waals surface area contributed by atoms with E-state index in [2.05, 4.69) is 0 Å². The fraction of sp³-hybridized carbons (Fsp3) is 0.325. The van der Waals surface area contributed by atoms with Gasteiger partial charge in [0.05, 0.1) is 18.8 Å². The SMILES string of the molecule is O=C1OC2(c3ccccc31)c1ccc3cc(O[C@@H]4O[C@H](CO)[C@H](O)[C@H](O)[C@@H]4O)ccc3c1Oc1c2ccc2cc(O[C@H]3O[C@@H](CO)[C@H](O)[C@@H](O)[C@@H]3O)ccc12. The van der Waals surface area contributed by atoms with E-state index in [-0.39, 0.29) is 11.5 Å². The third-order valence-corrected chi connectivity index (χ3v) is 10.8. The average Bonchev–Trinajstić information content (AvgIpc) is 3.49. The van der Waals surface area contributed by atoms with E-state index < -0.39 is 86.2 Å². The normalized spacial score (nSPS) is 32.4. The van der Waals surface area contributed by atoms with Crippen molar-refractivity contribution in [1.82, 2.24) is 0 Å². The maximum absolute atomic E-state index is 13.5. The van der Waals surface area contributed by atoms with Crippen molar-refractivity contribution in [1.29, 1.82) is 0 Å². The minimum atomic E-state index is -1.62. The van der Waals surface area contributed by atoms with Crippen molar-refractivity contribution in [2.75, 3.05) is 13.2 Å². The van der Waals surface area contributed by atoms with Gasteiger partial charge in [-0.05, 0) is 65.4 Å². The lowest BCUT2D eigenvalue weighted by Crippen LogP contribution is -2.60. The van der Waals surface area contributed by atoms with Crippen molar-refractivity contribution in [2.45, 2.75) is 67.0 Å². The first-order chi connectivity index (χ1) is 26.5. The number of esters is 1. The zero-order valence-electron chi connectivity index (χ0n) is 28.7. The first kappa shape index (κ1) is 35.8. The number of carbonyl (C=O) groups excluding carboxylic acids is 1. The van der Waals surface area contributed by atoms with E-state index in [0.717, 1.165) is 0 Å². The minimum Gasteiger partial charge on any atom is -0.462 e. The van der Waals surface area contributed by atoms with Crippen molar-refractivity contribution >= 4 is 27.5 Å². The standard InChI is InChI=1S/C40H36O15/c41-15-27-29(43)31(45)33(47)38(52-27)50-19-7-9-21-17(13-19)5-11-25-35(21)54-36-22-10-8-20(51-39-34(48)32(46)30(44)28(16-42)53-39)14-18(22)6-12-26(36)40(25)24-4-2-1-3-23(24)37(49)55-40/h1-14,27-34,38-39,41-48H,15-16H2/t27-,28+,29-,30-,31+,32-,33-,34-,38-,39+,40?/m0/s1. The second kappa shape index (κ2) is 13.4. The Hall–Kier alpha value is -4.91. The van der Waals surface area contributed by atoms with Crippen LogP contribution in [0.3, 0.4) is 0 Å². The monoisotopic (exact) mass is 756 g/mol. The number of carbonyl (C=O) groups is 1. The number of ether oxygens (including phenoxy) is 6. The van der Waals surface area contributed by atoms with Crippen LogP contribution in [-0.2, 0) is 19.8 Å². The fourth-order valence-corrected chi connectivity index (χ4v) is 7.94. The number of hydrogen-bond acceptors (Lipinski definition) is 15. The maximum Gasteiger partial charge on any atom is 0.340 e. The number of aliphatic hydroxyl groups excluding tert-OH is 8. The van der Waals surface area contributed by atoms with E-state index >= 15 is 0 Å². The number of fused-ring (bicyclic) bond motifs is 10. The molecule has 15 heteroatoms. The number of aliphatic hydroxyl groups is 8. The molecule has 11 atom stereocenters. The van der Waals surface area contributed by atoms with Gasteiger partial charge in [-0.1, -0.05) is 30.3 Å². The molecule has 15 nitrogen and oxygen atoms in total. The quantitative estimate of drug-likeness (QED) is 0.113. The molecule has 4 heterocycles. The molecule has 1 unspecified atom stereocenters. The molecule has 5 aromatic rings. The van der Waals surface area contributed by atoms with E-state index in [0.29, 0.717) is 55.3 Å². The van der Waals surface area contributed by atoms with E-state index in [1.165, 1.54) is 0 Å². The zero-order valence-corrected chi connectivity index (χ0v) is 28.7. The molecule has 1 spiro atoms. The summed E-state index contributed by atoms with van der Waals surface area (Å²) in [4.78, 5) is 13.5.